The summed E-state index contributed by atoms with van der Waals surface area (Å²) in [6.45, 7) is 0.932. The highest BCUT2D eigenvalue weighted by Crippen LogP contribution is 2.28. The number of hydrogen-bond donors (Lipinski definition) is 1. The smallest absolute Gasteiger partial charge is 0.185 e. The van der Waals surface area contributed by atoms with Gasteiger partial charge in [0, 0.05) is 6.54 Å². The van der Waals surface area contributed by atoms with Crippen LogP contribution in [0.2, 0.25) is 5.15 Å². The highest BCUT2D eigenvalue weighted by Gasteiger charge is 2.16. The SMILES string of the molecule is N#Cc1sc(NCC2CCSC2)nc1Cl. The van der Waals surface area contributed by atoms with Gasteiger partial charge in [-0.2, -0.15) is 17.0 Å². The first-order chi connectivity index (χ1) is 7.29. The van der Waals surface area contributed by atoms with Gasteiger partial charge in [0.2, 0.25) is 0 Å². The van der Waals surface area contributed by atoms with Crippen molar-refractivity contribution < 1.29 is 0 Å². The Morgan fingerprint density at radius 3 is 3.13 bits per heavy atom. The third-order valence-corrected chi connectivity index (χ3v) is 4.79. The predicted molar refractivity (Wildman–Crippen MR) is 65.8 cm³/mol. The number of thioether (sulfide) groups is 1. The van der Waals surface area contributed by atoms with Crippen LogP contribution in [0.1, 0.15) is 11.3 Å². The normalized spacial score (nSPS) is 20.1. The van der Waals surface area contributed by atoms with Crippen LogP contribution in [0.3, 0.4) is 0 Å². The molecule has 2 heterocycles. The number of nitrogens with zero attached hydrogens (tertiary/aromatic N) is 2. The number of nitriles is 1. The molecule has 1 aliphatic rings. The van der Waals surface area contributed by atoms with E-state index in [0.29, 0.717) is 10.0 Å². The summed E-state index contributed by atoms with van der Waals surface area (Å²) in [6, 6.07) is 2.02. The second-order valence-electron chi connectivity index (χ2n) is 3.36. The number of halogens is 1. The molecule has 2 rings (SSSR count). The number of aromatic nitrogens is 1. The maximum Gasteiger partial charge on any atom is 0.185 e. The molecule has 1 fully saturated rings. The fourth-order valence-electron chi connectivity index (χ4n) is 1.42. The van der Waals surface area contributed by atoms with Gasteiger partial charge in [-0.25, -0.2) is 4.98 Å². The fourth-order valence-corrected chi connectivity index (χ4v) is 3.66. The molecule has 6 heteroatoms. The summed E-state index contributed by atoms with van der Waals surface area (Å²) in [5, 5.41) is 13.0. The van der Waals surface area contributed by atoms with Crippen LogP contribution in [0.15, 0.2) is 0 Å². The van der Waals surface area contributed by atoms with E-state index in [2.05, 4.69) is 10.3 Å². The molecule has 1 atom stereocenters. The summed E-state index contributed by atoms with van der Waals surface area (Å²) in [5.74, 6) is 3.20. The van der Waals surface area contributed by atoms with Gasteiger partial charge in [-0.1, -0.05) is 22.9 Å². The fraction of sp³-hybridized carbons (Fsp3) is 0.556. The maximum atomic E-state index is 8.72. The molecule has 1 aromatic rings. The Balaban J connectivity index is 1.90. The summed E-state index contributed by atoms with van der Waals surface area (Å²) >= 11 is 9.09. The van der Waals surface area contributed by atoms with Crippen LogP contribution in [-0.4, -0.2) is 23.0 Å². The molecule has 15 heavy (non-hydrogen) atoms. The van der Waals surface area contributed by atoms with Crippen LogP contribution >= 0.6 is 34.7 Å². The minimum absolute atomic E-state index is 0.311. The Morgan fingerprint density at radius 1 is 1.67 bits per heavy atom. The summed E-state index contributed by atoms with van der Waals surface area (Å²) in [4.78, 5) is 4.57. The first-order valence-electron chi connectivity index (χ1n) is 4.67. The van der Waals surface area contributed by atoms with E-state index < -0.39 is 0 Å². The van der Waals surface area contributed by atoms with E-state index in [1.807, 2.05) is 17.8 Å². The van der Waals surface area contributed by atoms with Crippen molar-refractivity contribution >= 4 is 39.8 Å². The van der Waals surface area contributed by atoms with Gasteiger partial charge in [-0.3, -0.25) is 0 Å². The van der Waals surface area contributed by atoms with E-state index >= 15 is 0 Å². The standard InChI is InChI=1S/C9H10ClN3S2/c10-8-7(3-11)15-9(13-8)12-4-6-1-2-14-5-6/h6H,1-2,4-5H2,(H,12,13). The van der Waals surface area contributed by atoms with Crippen molar-refractivity contribution in [1.29, 1.82) is 5.26 Å². The zero-order valence-corrected chi connectivity index (χ0v) is 10.4. The van der Waals surface area contributed by atoms with Crippen LogP contribution in [-0.2, 0) is 0 Å². The van der Waals surface area contributed by atoms with Crippen LogP contribution in [0, 0.1) is 17.2 Å². The Labute approximate surface area is 102 Å². The van der Waals surface area contributed by atoms with Crippen molar-refractivity contribution in [3.63, 3.8) is 0 Å². The van der Waals surface area contributed by atoms with E-state index in [1.165, 1.54) is 29.3 Å². The lowest BCUT2D eigenvalue weighted by Gasteiger charge is -2.07. The van der Waals surface area contributed by atoms with E-state index in [0.717, 1.165) is 17.6 Å². The van der Waals surface area contributed by atoms with Gasteiger partial charge in [-0.05, 0) is 23.8 Å². The second kappa shape index (κ2) is 5.06. The van der Waals surface area contributed by atoms with Crippen molar-refractivity contribution in [2.75, 3.05) is 23.4 Å². The molecule has 0 spiro atoms. The number of thiazole rings is 1. The number of rotatable bonds is 3. The molecular formula is C9H10ClN3S2. The zero-order chi connectivity index (χ0) is 10.7. The Morgan fingerprint density at radius 2 is 2.53 bits per heavy atom. The molecule has 3 nitrogen and oxygen atoms in total. The van der Waals surface area contributed by atoms with Gasteiger partial charge in [0.05, 0.1) is 0 Å². The molecular weight excluding hydrogens is 250 g/mol. The first kappa shape index (κ1) is 11.1. The van der Waals surface area contributed by atoms with Crippen molar-refractivity contribution in [2.24, 2.45) is 5.92 Å². The molecule has 1 saturated heterocycles. The topological polar surface area (TPSA) is 48.7 Å². The summed E-state index contributed by atoms with van der Waals surface area (Å²) in [7, 11) is 0. The molecule has 1 N–H and O–H groups in total. The van der Waals surface area contributed by atoms with Crippen LogP contribution in [0.4, 0.5) is 5.13 Å². The molecule has 1 aromatic heterocycles. The lowest BCUT2D eigenvalue weighted by molar-refractivity contribution is 0.631. The molecule has 0 aliphatic carbocycles. The lowest BCUT2D eigenvalue weighted by atomic mass is 10.1. The second-order valence-corrected chi connectivity index (χ2v) is 5.87. The monoisotopic (exact) mass is 259 g/mol. The van der Waals surface area contributed by atoms with Crippen molar-refractivity contribution in [3.05, 3.63) is 10.0 Å². The molecule has 1 aliphatic heterocycles. The van der Waals surface area contributed by atoms with E-state index in [9.17, 15) is 0 Å². The largest absolute Gasteiger partial charge is 0.361 e. The highest BCUT2D eigenvalue weighted by atomic mass is 35.5. The lowest BCUT2D eigenvalue weighted by Crippen LogP contribution is -2.13. The van der Waals surface area contributed by atoms with Crippen LogP contribution < -0.4 is 5.32 Å². The van der Waals surface area contributed by atoms with Crippen molar-refractivity contribution in [1.82, 2.24) is 4.98 Å². The highest BCUT2D eigenvalue weighted by molar-refractivity contribution is 7.99. The number of hydrogen-bond acceptors (Lipinski definition) is 5. The predicted octanol–water partition coefficient (Wildman–Crippen LogP) is 2.83. The molecule has 0 bridgehead atoms. The van der Waals surface area contributed by atoms with Crippen LogP contribution in [0.5, 0.6) is 0 Å². The third-order valence-electron chi connectivity index (χ3n) is 2.25. The Kier molecular flexibility index (Phi) is 3.73. The van der Waals surface area contributed by atoms with E-state index in [4.69, 9.17) is 16.9 Å². The van der Waals surface area contributed by atoms with Crippen molar-refractivity contribution in [2.45, 2.75) is 6.42 Å². The van der Waals surface area contributed by atoms with Gasteiger partial charge in [0.15, 0.2) is 10.3 Å². The van der Waals surface area contributed by atoms with E-state index in [-0.39, 0.29) is 0 Å². The molecule has 0 saturated carbocycles. The van der Waals surface area contributed by atoms with Gasteiger partial charge in [-0.15, -0.1) is 0 Å². The summed E-state index contributed by atoms with van der Waals surface area (Å²) in [6.07, 6.45) is 1.27. The molecule has 0 aromatic carbocycles. The maximum absolute atomic E-state index is 8.72. The summed E-state index contributed by atoms with van der Waals surface area (Å²) < 4.78 is 0. The quantitative estimate of drug-likeness (QED) is 0.907. The average Bonchev–Trinajstić information content (AvgIpc) is 2.83. The summed E-state index contributed by atoms with van der Waals surface area (Å²) in [5.41, 5.74) is 0. The molecule has 1 unspecified atom stereocenters. The molecule has 80 valence electrons. The Bertz CT molecular complexity index is 379. The first-order valence-corrected chi connectivity index (χ1v) is 7.02. The third kappa shape index (κ3) is 2.77. The van der Waals surface area contributed by atoms with E-state index in [1.54, 1.807) is 0 Å². The minimum atomic E-state index is 0.311. The number of nitrogens with one attached hydrogen (secondary N) is 1. The average molecular weight is 260 g/mol. The van der Waals surface area contributed by atoms with Crippen LogP contribution in [0.25, 0.3) is 0 Å². The Hall–Kier alpha value is -0.440. The minimum Gasteiger partial charge on any atom is -0.361 e. The molecule has 0 amide bonds. The number of anilines is 1. The zero-order valence-electron chi connectivity index (χ0n) is 7.99. The van der Waals surface area contributed by atoms with Gasteiger partial charge in [0.25, 0.3) is 0 Å². The van der Waals surface area contributed by atoms with Gasteiger partial charge < -0.3 is 5.32 Å². The molecule has 0 radical (unpaired) electrons. The van der Waals surface area contributed by atoms with Gasteiger partial charge >= 0.3 is 0 Å². The van der Waals surface area contributed by atoms with Crippen molar-refractivity contribution in [3.8, 4) is 6.07 Å². The van der Waals surface area contributed by atoms with Gasteiger partial charge in [0.1, 0.15) is 10.9 Å².